The molecule has 2 aromatic heterocycles. The molecule has 0 fully saturated rings. The van der Waals surface area contributed by atoms with E-state index in [0.29, 0.717) is 28.0 Å². The predicted molar refractivity (Wildman–Crippen MR) is 157 cm³/mol. The van der Waals surface area contributed by atoms with Gasteiger partial charge in [0.05, 0.1) is 29.4 Å². The van der Waals surface area contributed by atoms with Crippen LogP contribution >= 0.6 is 0 Å². The third kappa shape index (κ3) is 4.11. The first kappa shape index (κ1) is 24.4. The maximum absolute atomic E-state index is 14.5. The molecule has 39 heavy (non-hydrogen) atoms. The Bertz CT molecular complexity index is 1830. The number of pyridine rings is 1. The van der Waals surface area contributed by atoms with E-state index in [0.717, 1.165) is 51.6 Å². The molecule has 190 valence electrons. The van der Waals surface area contributed by atoms with E-state index < -0.39 is 0 Å². The van der Waals surface area contributed by atoms with Gasteiger partial charge in [-0.25, -0.2) is 0 Å². The number of aldehydes is 1. The first-order valence-corrected chi connectivity index (χ1v) is 13.0. The summed E-state index contributed by atoms with van der Waals surface area (Å²) >= 11 is 0. The van der Waals surface area contributed by atoms with E-state index in [1.807, 2.05) is 109 Å². The van der Waals surface area contributed by atoms with Gasteiger partial charge in [-0.15, -0.1) is 0 Å². The summed E-state index contributed by atoms with van der Waals surface area (Å²) in [4.78, 5) is 27.1. The number of aryl methyl sites for hydroxylation is 1. The second-order valence-corrected chi connectivity index (χ2v) is 9.54. The van der Waals surface area contributed by atoms with Crippen LogP contribution in [0.4, 0.5) is 0 Å². The van der Waals surface area contributed by atoms with Crippen LogP contribution in [0.3, 0.4) is 0 Å². The van der Waals surface area contributed by atoms with Crippen LogP contribution in [0.1, 0.15) is 38.8 Å². The van der Waals surface area contributed by atoms with E-state index in [1.54, 1.807) is 7.11 Å². The summed E-state index contributed by atoms with van der Waals surface area (Å²) < 4.78 is 7.56. The molecule has 0 bridgehead atoms. The summed E-state index contributed by atoms with van der Waals surface area (Å²) in [6.45, 7) is 2.09. The van der Waals surface area contributed by atoms with Crippen LogP contribution < -0.4 is 4.74 Å². The summed E-state index contributed by atoms with van der Waals surface area (Å²) in [6.07, 6.45) is 1.73. The van der Waals surface area contributed by atoms with E-state index in [2.05, 4.69) is 11.3 Å². The number of rotatable bonds is 7. The van der Waals surface area contributed by atoms with Gasteiger partial charge >= 0.3 is 0 Å². The lowest BCUT2D eigenvalue weighted by molar-refractivity contribution is 0.104. The fourth-order valence-corrected chi connectivity index (χ4v) is 5.40. The fourth-order valence-electron chi connectivity index (χ4n) is 5.40. The van der Waals surface area contributed by atoms with Crippen LogP contribution in [0.25, 0.3) is 38.8 Å². The molecule has 0 radical (unpaired) electrons. The largest absolute Gasteiger partial charge is 0.497 e. The van der Waals surface area contributed by atoms with E-state index in [9.17, 15) is 9.59 Å². The van der Waals surface area contributed by atoms with E-state index in [4.69, 9.17) is 4.74 Å². The number of methoxy groups -OCH3 is 1. The molecule has 0 unspecified atom stereocenters. The minimum atomic E-state index is -0.118. The molecule has 0 aliphatic carbocycles. The number of carbonyl (C=O) groups excluding carboxylic acids is 2. The van der Waals surface area contributed by atoms with Gasteiger partial charge in [0.15, 0.2) is 12.1 Å². The summed E-state index contributed by atoms with van der Waals surface area (Å²) in [5.41, 5.74) is 7.73. The van der Waals surface area contributed by atoms with Crippen LogP contribution in [-0.4, -0.2) is 23.6 Å². The van der Waals surface area contributed by atoms with Gasteiger partial charge in [0.1, 0.15) is 5.75 Å². The molecule has 0 atom stereocenters. The molecule has 0 saturated heterocycles. The van der Waals surface area contributed by atoms with Crippen molar-refractivity contribution in [1.29, 1.82) is 0 Å². The Morgan fingerprint density at radius 3 is 2.10 bits per heavy atom. The highest BCUT2D eigenvalue weighted by atomic mass is 16.5. The topological polar surface area (TPSA) is 47.8 Å². The lowest BCUT2D eigenvalue weighted by Crippen LogP contribution is -2.05. The van der Waals surface area contributed by atoms with Crippen LogP contribution in [0, 0.1) is 0 Å². The Labute approximate surface area is 227 Å². The second-order valence-electron chi connectivity index (χ2n) is 9.54. The molecule has 0 N–H and O–H groups in total. The van der Waals surface area contributed by atoms with Crippen LogP contribution in [0.5, 0.6) is 5.75 Å². The number of benzene rings is 4. The average Bonchev–Trinajstić information content (AvgIpc) is 3.37. The highest BCUT2D eigenvalue weighted by Crippen LogP contribution is 2.43. The van der Waals surface area contributed by atoms with E-state index >= 15 is 0 Å². The zero-order chi connectivity index (χ0) is 26.9. The molecule has 0 saturated carbocycles. The minimum Gasteiger partial charge on any atom is -0.497 e. The minimum absolute atomic E-state index is 0.118. The zero-order valence-electron chi connectivity index (χ0n) is 21.8. The standard InChI is InChI=1S/C35H27NO3/c1-3-23-14-16-26(17-15-23)35(38)32-31(24-10-6-4-7-11-24)33(25-12-8-5-9-13-25)36-30-19-18-29(39-2)21-27(30)20-28(22-37)34(32)36/h4-22H,3H2,1-2H3. The van der Waals surface area contributed by atoms with Crippen molar-refractivity contribution in [1.82, 2.24) is 4.40 Å². The molecule has 2 heterocycles. The fraction of sp³-hybridized carbons (Fsp3) is 0.0857. The van der Waals surface area contributed by atoms with Crippen molar-refractivity contribution in [2.75, 3.05) is 7.11 Å². The Balaban J connectivity index is 1.83. The van der Waals surface area contributed by atoms with Gasteiger partial charge in [0.2, 0.25) is 0 Å². The second kappa shape index (κ2) is 10.1. The van der Waals surface area contributed by atoms with Crippen molar-refractivity contribution in [2.45, 2.75) is 13.3 Å². The maximum atomic E-state index is 14.5. The Kier molecular flexibility index (Phi) is 6.29. The summed E-state index contributed by atoms with van der Waals surface area (Å²) in [7, 11) is 1.62. The highest BCUT2D eigenvalue weighted by molar-refractivity contribution is 6.22. The first-order chi connectivity index (χ1) is 19.1. The van der Waals surface area contributed by atoms with Crippen molar-refractivity contribution < 1.29 is 14.3 Å². The molecular formula is C35H27NO3. The molecule has 0 spiro atoms. The zero-order valence-corrected chi connectivity index (χ0v) is 21.8. The number of hydrogen-bond donors (Lipinski definition) is 0. The van der Waals surface area contributed by atoms with Gasteiger partial charge in [-0.3, -0.25) is 9.59 Å². The molecular weight excluding hydrogens is 482 g/mol. The van der Waals surface area contributed by atoms with Gasteiger partial charge in [-0.05, 0) is 47.4 Å². The molecule has 4 nitrogen and oxygen atoms in total. The summed E-state index contributed by atoms with van der Waals surface area (Å²) in [5.74, 6) is 0.579. The number of ether oxygens (including phenoxy) is 1. The van der Waals surface area contributed by atoms with Gasteiger partial charge in [-0.1, -0.05) is 91.9 Å². The van der Waals surface area contributed by atoms with Gasteiger partial charge < -0.3 is 9.14 Å². The molecule has 4 heteroatoms. The van der Waals surface area contributed by atoms with Crippen molar-refractivity contribution in [3.05, 3.63) is 131 Å². The monoisotopic (exact) mass is 509 g/mol. The van der Waals surface area contributed by atoms with E-state index in [1.165, 1.54) is 0 Å². The Morgan fingerprint density at radius 2 is 1.49 bits per heavy atom. The molecule has 0 aliphatic heterocycles. The number of aromatic nitrogens is 1. The van der Waals surface area contributed by atoms with Crippen molar-refractivity contribution in [2.24, 2.45) is 0 Å². The quantitative estimate of drug-likeness (QED) is 0.162. The molecule has 4 aromatic carbocycles. The number of fused-ring (bicyclic) bond motifs is 3. The van der Waals surface area contributed by atoms with Crippen LogP contribution in [0.15, 0.2) is 109 Å². The Morgan fingerprint density at radius 1 is 0.821 bits per heavy atom. The molecule has 0 aliphatic rings. The highest BCUT2D eigenvalue weighted by Gasteiger charge is 2.29. The molecule has 6 aromatic rings. The van der Waals surface area contributed by atoms with E-state index in [-0.39, 0.29) is 5.78 Å². The molecule has 6 rings (SSSR count). The molecule has 0 amide bonds. The number of carbonyl (C=O) groups is 2. The normalized spacial score (nSPS) is 11.1. The Hall–Kier alpha value is -4.96. The first-order valence-electron chi connectivity index (χ1n) is 13.0. The number of nitrogens with zero attached hydrogens (tertiary/aromatic N) is 1. The van der Waals surface area contributed by atoms with Crippen molar-refractivity contribution in [3.8, 4) is 28.1 Å². The van der Waals surface area contributed by atoms with Crippen LogP contribution in [0.2, 0.25) is 0 Å². The maximum Gasteiger partial charge on any atom is 0.195 e. The number of ketones is 1. The van der Waals surface area contributed by atoms with Crippen molar-refractivity contribution >= 4 is 28.5 Å². The smallest absolute Gasteiger partial charge is 0.195 e. The average molecular weight is 510 g/mol. The third-order valence-electron chi connectivity index (χ3n) is 7.32. The summed E-state index contributed by atoms with van der Waals surface area (Å²) in [6, 6.07) is 35.4. The van der Waals surface area contributed by atoms with Crippen molar-refractivity contribution in [3.63, 3.8) is 0 Å². The lowest BCUT2D eigenvalue weighted by atomic mass is 9.92. The van der Waals surface area contributed by atoms with Gasteiger partial charge in [0.25, 0.3) is 0 Å². The SMILES string of the molecule is CCc1ccc(C(=O)c2c(-c3ccccc3)c(-c3ccccc3)n3c2c(C=O)cc2cc(OC)ccc23)cc1. The lowest BCUT2D eigenvalue weighted by Gasteiger charge is -2.12. The van der Waals surface area contributed by atoms with Crippen LogP contribution in [-0.2, 0) is 6.42 Å². The number of hydrogen-bond acceptors (Lipinski definition) is 3. The predicted octanol–water partition coefficient (Wildman–Crippen LogP) is 8.04. The van der Waals surface area contributed by atoms with Gasteiger partial charge in [-0.2, -0.15) is 0 Å². The summed E-state index contributed by atoms with van der Waals surface area (Å²) in [5, 5.41) is 0.849. The van der Waals surface area contributed by atoms with Gasteiger partial charge in [0, 0.05) is 22.1 Å². The third-order valence-corrected chi connectivity index (χ3v) is 7.32.